The van der Waals surface area contributed by atoms with E-state index in [1.165, 1.54) is 30.1 Å². The quantitative estimate of drug-likeness (QED) is 0.101. The van der Waals surface area contributed by atoms with E-state index in [1.807, 2.05) is 66.7 Å². The van der Waals surface area contributed by atoms with Gasteiger partial charge in [0.15, 0.2) is 11.6 Å². The van der Waals surface area contributed by atoms with Gasteiger partial charge in [-0.2, -0.15) is 0 Å². The lowest BCUT2D eigenvalue weighted by molar-refractivity contribution is 0.592. The first-order chi connectivity index (χ1) is 23.5. The van der Waals surface area contributed by atoms with Crippen molar-refractivity contribution in [3.05, 3.63) is 132 Å². The van der Waals surface area contributed by atoms with Crippen molar-refractivity contribution >= 4 is 63.3 Å². The lowest BCUT2D eigenvalue weighted by Gasteiger charge is -2.12. The number of hydrogen-bond donors (Lipinski definition) is 5. The molecule has 1 aliphatic rings. The molecule has 48 heavy (non-hydrogen) atoms. The number of allylic oxidation sites excluding steroid dienone is 3. The van der Waals surface area contributed by atoms with E-state index in [2.05, 4.69) is 51.5 Å². The number of fused-ring (bicyclic) bond motifs is 2. The molecule has 0 spiro atoms. The zero-order valence-corrected chi connectivity index (χ0v) is 27.5. The minimum absolute atomic E-state index is 0.151. The average molecular weight is 697 g/mol. The number of H-pyrrole nitrogens is 3. The van der Waals surface area contributed by atoms with Crippen LogP contribution in [0.3, 0.4) is 0 Å². The fourth-order valence-corrected chi connectivity index (χ4v) is 6.62. The molecule has 0 saturated heterocycles. The first kappa shape index (κ1) is 31.6. The first-order valence-corrected chi connectivity index (χ1v) is 16.9. The van der Waals surface area contributed by atoms with E-state index < -0.39 is 11.6 Å². The lowest BCUT2D eigenvalue weighted by Crippen LogP contribution is -2.05. The van der Waals surface area contributed by atoms with Crippen LogP contribution in [0.2, 0.25) is 0 Å². The molecule has 8 rings (SSSR count). The fraction of sp³-hybridized carbons (Fsp3) is 0.0571. The van der Waals surface area contributed by atoms with Crippen LogP contribution in [-0.4, -0.2) is 29.9 Å². The Morgan fingerprint density at radius 3 is 2.06 bits per heavy atom. The van der Waals surface area contributed by atoms with E-state index in [-0.39, 0.29) is 5.69 Å². The van der Waals surface area contributed by atoms with Crippen LogP contribution in [-0.2, 0) is 0 Å². The number of anilines is 1. The maximum atomic E-state index is 13.7. The second-order valence-electron chi connectivity index (χ2n) is 10.6. The Kier molecular flexibility index (Phi) is 9.46. The molecule has 0 unspecified atom stereocenters. The van der Waals surface area contributed by atoms with Gasteiger partial charge in [-0.25, -0.2) is 23.7 Å². The molecule has 0 bridgehead atoms. The van der Waals surface area contributed by atoms with E-state index in [4.69, 9.17) is 11.6 Å². The third-order valence-electron chi connectivity index (χ3n) is 7.30. The highest BCUT2D eigenvalue weighted by Crippen LogP contribution is 2.29. The van der Waals surface area contributed by atoms with Gasteiger partial charge in [-0.15, -0.1) is 0 Å². The summed E-state index contributed by atoms with van der Waals surface area (Å²) < 4.78 is 33.4. The Balaban J connectivity index is 0.000000152. The van der Waals surface area contributed by atoms with Crippen LogP contribution in [0.5, 0.6) is 0 Å². The van der Waals surface area contributed by atoms with Gasteiger partial charge in [0.1, 0.15) is 23.1 Å². The van der Waals surface area contributed by atoms with Gasteiger partial charge in [0.2, 0.25) is 0 Å². The number of rotatable bonds is 8. The molecule has 0 amide bonds. The number of hydrogen-bond acceptors (Lipinski definition) is 7. The van der Waals surface area contributed by atoms with Crippen LogP contribution in [0, 0.1) is 11.6 Å². The molecule has 1 aliphatic carbocycles. The van der Waals surface area contributed by atoms with E-state index in [0.717, 1.165) is 90.4 Å². The Bertz CT molecular complexity index is 2230. The minimum Gasteiger partial charge on any atom is -0.342 e. The number of halogens is 3. The summed E-state index contributed by atoms with van der Waals surface area (Å²) in [7, 11) is 0. The van der Waals surface area contributed by atoms with Crippen molar-refractivity contribution in [1.29, 1.82) is 0 Å². The van der Waals surface area contributed by atoms with Crippen molar-refractivity contribution in [3.8, 4) is 23.0 Å². The number of para-hydroxylation sites is 1. The monoisotopic (exact) mass is 696 g/mol. The molecule has 4 aromatic carbocycles. The molecule has 0 saturated carbocycles. The molecule has 13 heteroatoms. The second-order valence-corrected chi connectivity index (χ2v) is 12.8. The molecule has 0 radical (unpaired) electrons. The fourth-order valence-electron chi connectivity index (χ4n) is 4.89. The van der Waals surface area contributed by atoms with Gasteiger partial charge in [-0.3, -0.25) is 0 Å². The summed E-state index contributed by atoms with van der Waals surface area (Å²) in [4.78, 5) is 24.8. The average Bonchev–Trinajstić information content (AvgIpc) is 3.88. The van der Waals surface area contributed by atoms with Crippen LogP contribution >= 0.6 is 35.5 Å². The van der Waals surface area contributed by atoms with Crippen molar-refractivity contribution in [1.82, 2.24) is 34.6 Å². The van der Waals surface area contributed by atoms with Crippen LogP contribution in [0.4, 0.5) is 14.5 Å². The number of imidazole rings is 3. The number of aromatic nitrogens is 6. The van der Waals surface area contributed by atoms with Gasteiger partial charge in [0.25, 0.3) is 0 Å². The molecular formula is C35H27ClF2N8S2. The zero-order valence-electron chi connectivity index (χ0n) is 25.1. The third-order valence-corrected chi connectivity index (χ3v) is 9.30. The van der Waals surface area contributed by atoms with Gasteiger partial charge < -0.3 is 24.4 Å². The maximum Gasteiger partial charge on any atom is 0.174 e. The summed E-state index contributed by atoms with van der Waals surface area (Å²) in [6.45, 7) is 0. The summed E-state index contributed by atoms with van der Waals surface area (Å²) in [5.41, 5.74) is 5.41. The normalized spacial score (nSPS) is 12.7. The molecule has 5 N–H and O–H groups in total. The molecule has 240 valence electrons. The number of aromatic amines is 3. The summed E-state index contributed by atoms with van der Waals surface area (Å²) >= 11 is 8.91. The second kappa shape index (κ2) is 14.4. The summed E-state index contributed by atoms with van der Waals surface area (Å²) in [5, 5.41) is 0.878. The Morgan fingerprint density at radius 2 is 1.40 bits per heavy atom. The van der Waals surface area contributed by atoms with Gasteiger partial charge in [-0.1, -0.05) is 54.1 Å². The lowest BCUT2D eigenvalue weighted by atomic mass is 10.1. The minimum atomic E-state index is -0.624. The molecule has 0 fully saturated rings. The van der Waals surface area contributed by atoms with Crippen LogP contribution in [0.25, 0.3) is 45.1 Å². The van der Waals surface area contributed by atoms with Crippen molar-refractivity contribution in [2.45, 2.75) is 22.6 Å². The van der Waals surface area contributed by atoms with Gasteiger partial charge in [0.05, 0.1) is 27.8 Å². The summed E-state index contributed by atoms with van der Waals surface area (Å²) in [6.07, 6.45) is 9.55. The topological polar surface area (TPSA) is 110 Å². The van der Waals surface area contributed by atoms with E-state index in [1.54, 1.807) is 12.4 Å². The third kappa shape index (κ3) is 7.25. The van der Waals surface area contributed by atoms with Crippen LogP contribution in [0.15, 0.2) is 130 Å². The predicted molar refractivity (Wildman–Crippen MR) is 191 cm³/mol. The number of nitrogens with one attached hydrogen (secondary N) is 5. The highest BCUT2D eigenvalue weighted by molar-refractivity contribution is 8.00. The van der Waals surface area contributed by atoms with Gasteiger partial charge >= 0.3 is 0 Å². The number of nitrogens with zero attached hydrogens (tertiary/aromatic N) is 3. The van der Waals surface area contributed by atoms with Crippen LogP contribution < -0.4 is 9.44 Å². The van der Waals surface area contributed by atoms with Crippen molar-refractivity contribution in [3.63, 3.8) is 0 Å². The van der Waals surface area contributed by atoms with Crippen molar-refractivity contribution in [2.24, 2.45) is 0 Å². The summed E-state index contributed by atoms with van der Waals surface area (Å²) in [6, 6.07) is 25.3. The SMILES string of the molecule is ClC1=C(NSc2ccc3nc(-c4ncc[nH]4)[nH]c3c2)C=CCC1.Fc1cccc(F)c1NSc1ccc2nc(-c3ccccc3)[nH]c2c1. The number of benzene rings is 4. The van der Waals surface area contributed by atoms with E-state index in [0.29, 0.717) is 0 Å². The molecular weight excluding hydrogens is 670 g/mol. The highest BCUT2D eigenvalue weighted by atomic mass is 35.5. The Hall–Kier alpha value is -5.04. The van der Waals surface area contributed by atoms with E-state index >= 15 is 0 Å². The predicted octanol–water partition coefficient (Wildman–Crippen LogP) is 9.98. The highest BCUT2D eigenvalue weighted by Gasteiger charge is 2.11. The molecule has 0 aliphatic heterocycles. The van der Waals surface area contributed by atoms with Crippen molar-refractivity contribution in [2.75, 3.05) is 4.72 Å². The van der Waals surface area contributed by atoms with E-state index in [9.17, 15) is 8.78 Å². The molecule has 3 heterocycles. The molecule has 3 aromatic heterocycles. The Labute approximate surface area is 287 Å². The molecule has 7 aromatic rings. The van der Waals surface area contributed by atoms with Crippen molar-refractivity contribution < 1.29 is 8.78 Å². The maximum absolute atomic E-state index is 13.7. The molecule has 8 nitrogen and oxygen atoms in total. The standard InChI is InChI=1S/C19H13F2N3S.C16H14ClN5S/c20-14-7-4-8-15(21)18(14)24-25-13-9-10-16-17(11-13)23-19(22-16)12-5-2-1-3-6-12;17-11-3-1-2-4-12(11)22-23-10-5-6-13-14(9-10)21-16(20-13)15-18-7-8-19-15/h1-11,24H,(H,22,23);2,4-9,22H,1,3H2,(H,18,19)(H,20,21). The van der Waals surface area contributed by atoms with Crippen LogP contribution in [0.1, 0.15) is 12.8 Å². The van der Waals surface area contributed by atoms with Gasteiger partial charge in [0, 0.05) is 32.8 Å². The molecule has 0 atom stereocenters. The first-order valence-electron chi connectivity index (χ1n) is 14.9. The smallest absolute Gasteiger partial charge is 0.174 e. The van der Waals surface area contributed by atoms with Gasteiger partial charge in [-0.05, 0) is 91.3 Å². The largest absolute Gasteiger partial charge is 0.342 e. The Morgan fingerprint density at radius 1 is 0.729 bits per heavy atom. The summed E-state index contributed by atoms with van der Waals surface area (Å²) in [5.74, 6) is 1.01. The zero-order chi connectivity index (χ0) is 32.9.